The second-order valence-electron chi connectivity index (χ2n) is 7.12. The van der Waals surface area contributed by atoms with Crippen LogP contribution in [0.15, 0.2) is 0 Å². The second-order valence-corrected chi connectivity index (χ2v) is 8.90. The first-order valence-corrected chi connectivity index (χ1v) is 11.0. The maximum atomic E-state index is 13.3. The molecule has 152 valence electrons. The Hall–Kier alpha value is -1.00. The van der Waals surface area contributed by atoms with E-state index in [-0.39, 0.29) is 44.4 Å². The van der Waals surface area contributed by atoms with Crippen molar-refractivity contribution in [1.82, 2.24) is 14.9 Å². The molecule has 1 aliphatic heterocycles. The molecule has 1 aliphatic carbocycles. The van der Waals surface area contributed by atoms with Gasteiger partial charge in [-0.15, -0.1) is 0 Å². The maximum Gasteiger partial charge on any atom is 0.317 e. The second kappa shape index (κ2) is 8.79. The van der Waals surface area contributed by atoms with E-state index in [0.717, 1.165) is 6.26 Å². The number of halogens is 2. The number of likely N-dealkylation sites (tertiary alicyclic amines) is 1. The van der Waals surface area contributed by atoms with Gasteiger partial charge in [-0.05, 0) is 32.6 Å². The van der Waals surface area contributed by atoms with Crippen molar-refractivity contribution in [2.24, 2.45) is 0 Å². The van der Waals surface area contributed by atoms with E-state index >= 15 is 0 Å². The topological polar surface area (TPSA) is 87.7 Å². The minimum atomic E-state index is -3.44. The molecule has 0 unspecified atom stereocenters. The number of piperidine rings is 1. The van der Waals surface area contributed by atoms with Crippen molar-refractivity contribution >= 4 is 16.1 Å². The molecule has 0 spiro atoms. The summed E-state index contributed by atoms with van der Waals surface area (Å²) >= 11 is 0. The first kappa shape index (κ1) is 21.3. The predicted molar refractivity (Wildman–Crippen MR) is 93.7 cm³/mol. The molecular formula is C16H29F2N3O4S. The fourth-order valence-corrected chi connectivity index (χ4v) is 4.42. The van der Waals surface area contributed by atoms with Gasteiger partial charge in [-0.2, -0.15) is 0 Å². The molecule has 2 atom stereocenters. The van der Waals surface area contributed by atoms with E-state index in [1.54, 1.807) is 4.90 Å². The summed E-state index contributed by atoms with van der Waals surface area (Å²) in [6, 6.07) is -1.19. The number of nitrogens with zero attached hydrogens (tertiary/aromatic N) is 1. The van der Waals surface area contributed by atoms with Crippen molar-refractivity contribution in [2.75, 3.05) is 26.0 Å². The molecule has 2 aliphatic rings. The SMILES string of the molecule is CCNC(=O)N1CCC[C@H](NS(C)(=O)=O)[C@@H]1COC1CCC(F)(F)CC1. The zero-order valence-electron chi connectivity index (χ0n) is 15.3. The van der Waals surface area contributed by atoms with Crippen molar-refractivity contribution < 1.29 is 26.7 Å². The van der Waals surface area contributed by atoms with E-state index in [2.05, 4.69) is 10.0 Å². The van der Waals surface area contributed by atoms with Crippen LogP contribution in [0, 0.1) is 0 Å². The van der Waals surface area contributed by atoms with Crippen molar-refractivity contribution in [3.8, 4) is 0 Å². The van der Waals surface area contributed by atoms with Crippen molar-refractivity contribution in [1.29, 1.82) is 0 Å². The molecular weight excluding hydrogens is 368 g/mol. The number of carbonyl (C=O) groups is 1. The summed E-state index contributed by atoms with van der Waals surface area (Å²) in [5.41, 5.74) is 0. The smallest absolute Gasteiger partial charge is 0.317 e. The van der Waals surface area contributed by atoms with Gasteiger partial charge in [0.2, 0.25) is 15.9 Å². The number of sulfonamides is 1. The number of hydrogen-bond acceptors (Lipinski definition) is 4. The predicted octanol–water partition coefficient (Wildman–Crippen LogP) is 1.69. The molecule has 2 rings (SSSR count). The normalized spacial score (nSPS) is 27.3. The number of nitrogens with one attached hydrogen (secondary N) is 2. The highest BCUT2D eigenvalue weighted by atomic mass is 32.2. The number of urea groups is 1. The molecule has 0 radical (unpaired) electrons. The molecule has 0 aromatic rings. The van der Waals surface area contributed by atoms with Gasteiger partial charge in [0.1, 0.15) is 0 Å². The summed E-state index contributed by atoms with van der Waals surface area (Å²) in [6.45, 7) is 2.90. The monoisotopic (exact) mass is 397 g/mol. The molecule has 0 bridgehead atoms. The fourth-order valence-electron chi connectivity index (χ4n) is 3.60. The third kappa shape index (κ3) is 6.31. The minimum Gasteiger partial charge on any atom is -0.376 e. The summed E-state index contributed by atoms with van der Waals surface area (Å²) in [5, 5.41) is 2.73. The van der Waals surface area contributed by atoms with E-state index in [1.165, 1.54) is 0 Å². The Morgan fingerprint density at radius 2 is 1.92 bits per heavy atom. The summed E-state index contributed by atoms with van der Waals surface area (Å²) in [5.74, 6) is -2.63. The number of hydrogen-bond donors (Lipinski definition) is 2. The molecule has 1 saturated carbocycles. The largest absolute Gasteiger partial charge is 0.376 e. The zero-order chi connectivity index (χ0) is 19.4. The average molecular weight is 397 g/mol. The van der Waals surface area contributed by atoms with Gasteiger partial charge in [0, 0.05) is 32.0 Å². The van der Waals surface area contributed by atoms with Crippen LogP contribution >= 0.6 is 0 Å². The molecule has 0 aromatic carbocycles. The Labute approximate surface area is 153 Å². The van der Waals surface area contributed by atoms with Gasteiger partial charge in [0.05, 0.1) is 25.0 Å². The number of rotatable bonds is 6. The third-order valence-electron chi connectivity index (χ3n) is 4.90. The highest BCUT2D eigenvalue weighted by Gasteiger charge is 2.38. The van der Waals surface area contributed by atoms with E-state index < -0.39 is 28.0 Å². The third-order valence-corrected chi connectivity index (χ3v) is 5.63. The highest BCUT2D eigenvalue weighted by molar-refractivity contribution is 7.88. The summed E-state index contributed by atoms with van der Waals surface area (Å²) in [7, 11) is -3.44. The van der Waals surface area contributed by atoms with Gasteiger partial charge >= 0.3 is 6.03 Å². The lowest BCUT2D eigenvalue weighted by Crippen LogP contribution is -2.60. The molecule has 1 saturated heterocycles. The van der Waals surface area contributed by atoms with Gasteiger partial charge in [-0.25, -0.2) is 26.7 Å². The van der Waals surface area contributed by atoms with Gasteiger partial charge in [0.25, 0.3) is 0 Å². The van der Waals surface area contributed by atoms with E-state index in [1.807, 2.05) is 6.92 Å². The molecule has 10 heteroatoms. The highest BCUT2D eigenvalue weighted by Crippen LogP contribution is 2.34. The number of carbonyl (C=O) groups excluding carboxylic acids is 1. The van der Waals surface area contributed by atoms with E-state index in [0.29, 0.717) is 25.9 Å². The van der Waals surface area contributed by atoms with Gasteiger partial charge in [-0.3, -0.25) is 0 Å². The van der Waals surface area contributed by atoms with Crippen molar-refractivity contribution in [3.63, 3.8) is 0 Å². The van der Waals surface area contributed by atoms with Gasteiger partial charge in [-0.1, -0.05) is 0 Å². The van der Waals surface area contributed by atoms with Crippen LogP contribution < -0.4 is 10.0 Å². The molecule has 2 amide bonds. The fraction of sp³-hybridized carbons (Fsp3) is 0.938. The van der Waals surface area contributed by atoms with Crippen LogP contribution in [0.2, 0.25) is 0 Å². The van der Waals surface area contributed by atoms with Crippen LogP contribution in [-0.4, -0.2) is 69.4 Å². The van der Waals surface area contributed by atoms with Crippen LogP contribution in [0.3, 0.4) is 0 Å². The molecule has 7 nitrogen and oxygen atoms in total. The number of alkyl halides is 2. The van der Waals surface area contributed by atoms with Crippen LogP contribution in [0.1, 0.15) is 45.4 Å². The van der Waals surface area contributed by atoms with Crippen LogP contribution in [0.25, 0.3) is 0 Å². The van der Waals surface area contributed by atoms with Crippen LogP contribution in [0.5, 0.6) is 0 Å². The van der Waals surface area contributed by atoms with Crippen molar-refractivity contribution in [2.45, 2.75) is 69.6 Å². The van der Waals surface area contributed by atoms with Crippen molar-refractivity contribution in [3.05, 3.63) is 0 Å². The zero-order valence-corrected chi connectivity index (χ0v) is 16.2. The summed E-state index contributed by atoms with van der Waals surface area (Å²) < 4.78 is 58.3. The quantitative estimate of drug-likeness (QED) is 0.714. The summed E-state index contributed by atoms with van der Waals surface area (Å²) in [6.07, 6.45) is 2.21. The first-order chi connectivity index (χ1) is 12.1. The lowest BCUT2D eigenvalue weighted by atomic mass is 9.93. The molecule has 1 heterocycles. The molecule has 0 aromatic heterocycles. The maximum absolute atomic E-state index is 13.3. The Bertz CT molecular complexity index is 578. The van der Waals surface area contributed by atoms with Gasteiger partial charge < -0.3 is 15.0 Å². The summed E-state index contributed by atoms with van der Waals surface area (Å²) in [4.78, 5) is 13.9. The molecule has 26 heavy (non-hydrogen) atoms. The van der Waals surface area contributed by atoms with E-state index in [9.17, 15) is 22.0 Å². The number of ether oxygens (including phenoxy) is 1. The Morgan fingerprint density at radius 1 is 1.27 bits per heavy atom. The Balaban J connectivity index is 2.03. The minimum absolute atomic E-state index is 0.126. The Morgan fingerprint density at radius 3 is 2.50 bits per heavy atom. The number of amides is 2. The standard InChI is InChI=1S/C16H29F2N3O4S/c1-3-19-15(22)21-10-4-5-13(20-26(2,23)24)14(21)11-25-12-6-8-16(17,18)9-7-12/h12-14,20H,3-11H2,1-2H3,(H,19,22)/t13-,14-/m0/s1. The lowest BCUT2D eigenvalue weighted by Gasteiger charge is -2.41. The first-order valence-electron chi connectivity index (χ1n) is 9.12. The molecule has 2 N–H and O–H groups in total. The average Bonchev–Trinajstić information content (AvgIpc) is 2.53. The lowest BCUT2D eigenvalue weighted by molar-refractivity contribution is -0.0887. The molecule has 2 fully saturated rings. The Kier molecular flexibility index (Phi) is 7.20. The van der Waals surface area contributed by atoms with Gasteiger partial charge in [0.15, 0.2) is 0 Å². The van der Waals surface area contributed by atoms with E-state index in [4.69, 9.17) is 4.74 Å². The van der Waals surface area contributed by atoms with Crippen LogP contribution in [-0.2, 0) is 14.8 Å². The van der Waals surface area contributed by atoms with Crippen LogP contribution in [0.4, 0.5) is 13.6 Å².